The maximum atomic E-state index is 12.4. The molecule has 106 valence electrons. The molecule has 1 heterocycles. The van der Waals surface area contributed by atoms with Gasteiger partial charge < -0.3 is 5.11 Å². The fourth-order valence-corrected chi connectivity index (χ4v) is 4.13. The van der Waals surface area contributed by atoms with Crippen molar-refractivity contribution in [3.05, 3.63) is 35.4 Å². The van der Waals surface area contributed by atoms with Crippen LogP contribution in [-0.2, 0) is 22.4 Å². The van der Waals surface area contributed by atoms with Crippen LogP contribution in [0.5, 0.6) is 0 Å². The van der Waals surface area contributed by atoms with Gasteiger partial charge >= 0.3 is 0 Å². The summed E-state index contributed by atoms with van der Waals surface area (Å²) in [7, 11) is -3.25. The molecule has 0 aromatic heterocycles. The van der Waals surface area contributed by atoms with Gasteiger partial charge in [-0.2, -0.15) is 0 Å². The lowest BCUT2D eigenvalue weighted by atomic mass is 10.0. The summed E-state index contributed by atoms with van der Waals surface area (Å²) < 4.78 is 26.3. The molecule has 2 atom stereocenters. The van der Waals surface area contributed by atoms with Crippen molar-refractivity contribution in [2.45, 2.75) is 26.2 Å². The molecule has 0 radical (unpaired) electrons. The molecule has 1 aromatic carbocycles. The lowest BCUT2D eigenvalue weighted by Crippen LogP contribution is -2.30. The minimum absolute atomic E-state index is 0.0142. The van der Waals surface area contributed by atoms with Gasteiger partial charge in [-0.3, -0.25) is 0 Å². The molecule has 1 aromatic rings. The molecule has 1 fully saturated rings. The van der Waals surface area contributed by atoms with Gasteiger partial charge in [0.25, 0.3) is 0 Å². The van der Waals surface area contributed by atoms with E-state index < -0.39 is 10.0 Å². The average Bonchev–Trinajstić information content (AvgIpc) is 2.70. The second kappa shape index (κ2) is 5.61. The summed E-state index contributed by atoms with van der Waals surface area (Å²) in [5.74, 6) is 0.845. The molecule has 1 aliphatic heterocycles. The van der Waals surface area contributed by atoms with Gasteiger partial charge in [0.2, 0.25) is 10.0 Å². The summed E-state index contributed by atoms with van der Waals surface area (Å²) >= 11 is 0. The Kier molecular flexibility index (Phi) is 4.28. The molecule has 2 rings (SSSR count). The van der Waals surface area contributed by atoms with Crippen LogP contribution in [0, 0.1) is 11.8 Å². The summed E-state index contributed by atoms with van der Waals surface area (Å²) in [6.07, 6.45) is 0. The zero-order chi connectivity index (χ0) is 14.0. The van der Waals surface area contributed by atoms with Crippen molar-refractivity contribution < 1.29 is 13.5 Å². The van der Waals surface area contributed by atoms with Crippen molar-refractivity contribution in [1.82, 2.24) is 4.31 Å². The highest BCUT2D eigenvalue weighted by Gasteiger charge is 2.33. The second-order valence-electron chi connectivity index (χ2n) is 5.51. The molecule has 19 heavy (non-hydrogen) atoms. The van der Waals surface area contributed by atoms with Crippen molar-refractivity contribution in [3.63, 3.8) is 0 Å². The van der Waals surface area contributed by atoms with Crippen molar-refractivity contribution in [1.29, 1.82) is 0 Å². The molecule has 0 saturated carbocycles. The van der Waals surface area contributed by atoms with E-state index in [9.17, 15) is 8.42 Å². The van der Waals surface area contributed by atoms with E-state index in [-0.39, 0.29) is 12.4 Å². The van der Waals surface area contributed by atoms with Crippen LogP contribution in [0.3, 0.4) is 0 Å². The fourth-order valence-electron chi connectivity index (χ4n) is 2.42. The first kappa shape index (κ1) is 14.5. The molecule has 0 bridgehead atoms. The highest BCUT2D eigenvalue weighted by atomic mass is 32.2. The summed E-state index contributed by atoms with van der Waals surface area (Å²) in [4.78, 5) is 0. The number of sulfonamides is 1. The monoisotopic (exact) mass is 283 g/mol. The lowest BCUT2D eigenvalue weighted by Gasteiger charge is -2.16. The zero-order valence-corrected chi connectivity index (χ0v) is 12.2. The van der Waals surface area contributed by atoms with Crippen molar-refractivity contribution >= 4 is 10.0 Å². The Balaban J connectivity index is 2.13. The van der Waals surface area contributed by atoms with E-state index in [2.05, 4.69) is 13.8 Å². The van der Waals surface area contributed by atoms with Gasteiger partial charge in [-0.1, -0.05) is 38.1 Å². The van der Waals surface area contributed by atoms with Crippen molar-refractivity contribution in [2.24, 2.45) is 11.8 Å². The van der Waals surface area contributed by atoms with E-state index in [1.807, 2.05) is 0 Å². The second-order valence-corrected chi connectivity index (χ2v) is 7.47. The lowest BCUT2D eigenvalue weighted by molar-refractivity contribution is 0.281. The molecular weight excluding hydrogens is 262 g/mol. The van der Waals surface area contributed by atoms with E-state index in [0.29, 0.717) is 24.9 Å². The average molecular weight is 283 g/mol. The Hall–Kier alpha value is -0.910. The first-order valence-corrected chi connectivity index (χ1v) is 8.20. The maximum Gasteiger partial charge on any atom is 0.218 e. The zero-order valence-electron chi connectivity index (χ0n) is 11.4. The minimum Gasteiger partial charge on any atom is -0.392 e. The molecule has 1 saturated heterocycles. The van der Waals surface area contributed by atoms with Gasteiger partial charge in [-0.05, 0) is 23.0 Å². The van der Waals surface area contributed by atoms with Gasteiger partial charge in [-0.25, -0.2) is 12.7 Å². The number of benzene rings is 1. The minimum atomic E-state index is -3.25. The van der Waals surface area contributed by atoms with Crippen LogP contribution < -0.4 is 0 Å². The normalized spacial score (nSPS) is 24.8. The van der Waals surface area contributed by atoms with Crippen LogP contribution in [0.1, 0.15) is 25.0 Å². The first-order chi connectivity index (χ1) is 8.92. The Labute approximate surface area is 115 Å². The number of aliphatic hydroxyl groups is 1. The van der Waals surface area contributed by atoms with E-state index in [1.54, 1.807) is 28.6 Å². The first-order valence-electron chi connectivity index (χ1n) is 6.59. The van der Waals surface area contributed by atoms with Gasteiger partial charge in [0, 0.05) is 13.1 Å². The maximum absolute atomic E-state index is 12.4. The molecule has 0 amide bonds. The molecule has 0 spiro atoms. The quantitative estimate of drug-likeness (QED) is 0.913. The Bertz CT molecular complexity index is 531. The number of hydrogen-bond donors (Lipinski definition) is 1. The third-order valence-corrected chi connectivity index (χ3v) is 5.65. The molecule has 0 aliphatic carbocycles. The standard InChI is InChI=1S/C14H21NO3S/c1-11-7-15(8-12(11)2)19(17,18)10-14-5-3-4-13(6-14)9-16/h3-6,11-12,16H,7-10H2,1-2H3. The van der Waals surface area contributed by atoms with Crippen LogP contribution in [0.15, 0.2) is 24.3 Å². The molecule has 2 unspecified atom stereocenters. The van der Waals surface area contributed by atoms with E-state index >= 15 is 0 Å². The van der Waals surface area contributed by atoms with Gasteiger partial charge in [0.15, 0.2) is 0 Å². The van der Waals surface area contributed by atoms with Crippen LogP contribution in [0.25, 0.3) is 0 Å². The molecule has 4 nitrogen and oxygen atoms in total. The number of aliphatic hydroxyl groups excluding tert-OH is 1. The SMILES string of the molecule is CC1CN(S(=O)(=O)Cc2cccc(CO)c2)CC1C. The van der Waals surface area contributed by atoms with Crippen LogP contribution in [-0.4, -0.2) is 30.9 Å². The smallest absolute Gasteiger partial charge is 0.218 e. The topological polar surface area (TPSA) is 57.6 Å². The van der Waals surface area contributed by atoms with Gasteiger partial charge in [0.1, 0.15) is 0 Å². The van der Waals surface area contributed by atoms with E-state index in [0.717, 1.165) is 11.1 Å². The van der Waals surface area contributed by atoms with Crippen molar-refractivity contribution in [3.8, 4) is 0 Å². The predicted molar refractivity (Wildman–Crippen MR) is 74.9 cm³/mol. The summed E-state index contributed by atoms with van der Waals surface area (Å²) in [6.45, 7) is 5.34. The third-order valence-electron chi connectivity index (χ3n) is 3.87. The highest BCUT2D eigenvalue weighted by Crippen LogP contribution is 2.26. The van der Waals surface area contributed by atoms with Crippen molar-refractivity contribution in [2.75, 3.05) is 13.1 Å². The molecule has 1 aliphatic rings. The summed E-state index contributed by atoms with van der Waals surface area (Å²) in [6, 6.07) is 7.11. The molecular formula is C14H21NO3S. The molecule has 1 N–H and O–H groups in total. The Morgan fingerprint density at radius 1 is 1.21 bits per heavy atom. The van der Waals surface area contributed by atoms with E-state index in [1.165, 1.54) is 0 Å². The van der Waals surface area contributed by atoms with Crippen LogP contribution >= 0.6 is 0 Å². The Morgan fingerprint density at radius 2 is 1.79 bits per heavy atom. The summed E-state index contributed by atoms with van der Waals surface area (Å²) in [5, 5.41) is 9.08. The third kappa shape index (κ3) is 3.35. The highest BCUT2D eigenvalue weighted by molar-refractivity contribution is 7.88. The molecule has 5 heteroatoms. The number of nitrogens with zero attached hydrogens (tertiary/aromatic N) is 1. The number of hydrogen-bond acceptors (Lipinski definition) is 3. The summed E-state index contributed by atoms with van der Waals surface area (Å²) in [5.41, 5.74) is 1.48. The van der Waals surface area contributed by atoms with Gasteiger partial charge in [-0.15, -0.1) is 0 Å². The number of rotatable bonds is 4. The Morgan fingerprint density at radius 3 is 2.37 bits per heavy atom. The van der Waals surface area contributed by atoms with Crippen LogP contribution in [0.4, 0.5) is 0 Å². The largest absolute Gasteiger partial charge is 0.392 e. The van der Waals surface area contributed by atoms with Gasteiger partial charge in [0.05, 0.1) is 12.4 Å². The van der Waals surface area contributed by atoms with Crippen LogP contribution in [0.2, 0.25) is 0 Å². The fraction of sp³-hybridized carbons (Fsp3) is 0.571. The predicted octanol–water partition coefficient (Wildman–Crippen LogP) is 1.60. The van der Waals surface area contributed by atoms with E-state index in [4.69, 9.17) is 5.11 Å².